The van der Waals surface area contributed by atoms with Gasteiger partial charge in [-0.05, 0) is 18.6 Å². The molecule has 0 saturated carbocycles. The lowest BCUT2D eigenvalue weighted by Crippen LogP contribution is -2.15. The van der Waals surface area contributed by atoms with Crippen LogP contribution in [-0.4, -0.2) is 39.1 Å². The molecule has 0 aliphatic carbocycles. The molecular formula is C13H12F3N5O2. The highest BCUT2D eigenvalue weighted by Gasteiger charge is 2.31. The Labute approximate surface area is 128 Å². The average molecular weight is 327 g/mol. The molecule has 0 bridgehead atoms. The fourth-order valence-electron chi connectivity index (χ4n) is 2.15. The fraction of sp³-hybridized carbons (Fsp3) is 0.385. The second-order valence-corrected chi connectivity index (χ2v) is 4.98. The number of hydrogen-bond acceptors (Lipinski definition) is 5. The molecule has 7 nitrogen and oxygen atoms in total. The minimum Gasteiger partial charge on any atom is -0.379 e. The molecule has 1 aliphatic rings. The van der Waals surface area contributed by atoms with E-state index in [-0.39, 0.29) is 17.6 Å². The largest absolute Gasteiger partial charge is 0.416 e. The van der Waals surface area contributed by atoms with Crippen molar-refractivity contribution in [1.29, 1.82) is 0 Å². The van der Waals surface area contributed by atoms with Crippen LogP contribution in [0.25, 0.3) is 0 Å². The number of nitrogens with zero attached hydrogens (tertiary/aromatic N) is 4. The Bertz CT molecular complexity index is 710. The molecule has 1 fully saturated rings. The van der Waals surface area contributed by atoms with Crippen LogP contribution in [0.4, 0.5) is 19.0 Å². The van der Waals surface area contributed by atoms with Crippen molar-refractivity contribution in [3.63, 3.8) is 0 Å². The molecule has 1 N–H and O–H groups in total. The van der Waals surface area contributed by atoms with Crippen molar-refractivity contribution in [2.24, 2.45) is 0 Å². The second kappa shape index (κ2) is 5.95. The third kappa shape index (κ3) is 3.47. The summed E-state index contributed by atoms with van der Waals surface area (Å²) in [6, 6.07) is 1.59. The minimum absolute atomic E-state index is 0.00360. The molecule has 1 atom stereocenters. The molecule has 2 aromatic rings. The molecule has 1 amide bonds. The Hall–Kier alpha value is -2.49. The summed E-state index contributed by atoms with van der Waals surface area (Å²) < 4.78 is 44.6. The van der Waals surface area contributed by atoms with Crippen LogP contribution in [0, 0.1) is 0 Å². The standard InChI is InChI=1S/C13H12F3N5O2/c14-13(15,16)8-1-3-17-11(5-8)18-12(22)10-6-21(20-19-10)9-2-4-23-7-9/h1,3,5-6,9H,2,4,7H2,(H,17,18,22). The first-order chi connectivity index (χ1) is 10.9. The summed E-state index contributed by atoms with van der Waals surface area (Å²) in [6.45, 7) is 1.10. The summed E-state index contributed by atoms with van der Waals surface area (Å²) in [6.07, 6.45) is -1.33. The van der Waals surface area contributed by atoms with Gasteiger partial charge >= 0.3 is 6.18 Å². The zero-order chi connectivity index (χ0) is 16.4. The van der Waals surface area contributed by atoms with Crippen molar-refractivity contribution < 1.29 is 22.7 Å². The van der Waals surface area contributed by atoms with Gasteiger partial charge in [-0.2, -0.15) is 13.2 Å². The number of carbonyl (C=O) groups is 1. The maximum atomic E-state index is 12.6. The zero-order valence-corrected chi connectivity index (χ0v) is 11.7. The van der Waals surface area contributed by atoms with Crippen molar-refractivity contribution in [1.82, 2.24) is 20.0 Å². The van der Waals surface area contributed by atoms with E-state index in [9.17, 15) is 18.0 Å². The third-order valence-corrected chi connectivity index (χ3v) is 3.35. The molecular weight excluding hydrogens is 315 g/mol. The van der Waals surface area contributed by atoms with Gasteiger partial charge in [-0.1, -0.05) is 5.21 Å². The molecule has 0 radical (unpaired) electrons. The molecule has 1 unspecified atom stereocenters. The van der Waals surface area contributed by atoms with Crippen LogP contribution in [0.3, 0.4) is 0 Å². The maximum absolute atomic E-state index is 12.6. The average Bonchev–Trinajstić information content (AvgIpc) is 3.18. The van der Waals surface area contributed by atoms with Gasteiger partial charge in [0, 0.05) is 12.8 Å². The molecule has 0 aromatic carbocycles. The summed E-state index contributed by atoms with van der Waals surface area (Å²) in [4.78, 5) is 15.7. The van der Waals surface area contributed by atoms with E-state index in [0.29, 0.717) is 13.2 Å². The number of anilines is 1. The van der Waals surface area contributed by atoms with Crippen LogP contribution in [0.15, 0.2) is 24.5 Å². The van der Waals surface area contributed by atoms with E-state index in [1.807, 2.05) is 0 Å². The summed E-state index contributed by atoms with van der Waals surface area (Å²) >= 11 is 0. The number of nitrogens with one attached hydrogen (secondary N) is 1. The van der Waals surface area contributed by atoms with Gasteiger partial charge in [-0.15, -0.1) is 5.10 Å². The van der Waals surface area contributed by atoms with Crippen LogP contribution >= 0.6 is 0 Å². The predicted molar refractivity (Wildman–Crippen MR) is 71.7 cm³/mol. The lowest BCUT2D eigenvalue weighted by Gasteiger charge is -2.08. The van der Waals surface area contributed by atoms with Crippen molar-refractivity contribution in [2.45, 2.75) is 18.6 Å². The minimum atomic E-state index is -4.51. The van der Waals surface area contributed by atoms with Gasteiger partial charge < -0.3 is 10.1 Å². The SMILES string of the molecule is O=C(Nc1cc(C(F)(F)F)ccn1)c1cn(C2CCOC2)nn1. The van der Waals surface area contributed by atoms with Gasteiger partial charge in [0.2, 0.25) is 0 Å². The number of aromatic nitrogens is 4. The van der Waals surface area contributed by atoms with Gasteiger partial charge in [0.05, 0.1) is 24.4 Å². The predicted octanol–water partition coefficient (Wildman–Crippen LogP) is 1.91. The van der Waals surface area contributed by atoms with E-state index in [4.69, 9.17) is 4.74 Å². The number of carbonyl (C=O) groups excluding carboxylic acids is 1. The van der Waals surface area contributed by atoms with Crippen LogP contribution in [-0.2, 0) is 10.9 Å². The molecule has 23 heavy (non-hydrogen) atoms. The molecule has 3 rings (SSSR count). The topological polar surface area (TPSA) is 81.9 Å². The first-order valence-corrected chi connectivity index (χ1v) is 6.77. The van der Waals surface area contributed by atoms with E-state index < -0.39 is 17.6 Å². The molecule has 2 aromatic heterocycles. The summed E-state index contributed by atoms with van der Waals surface area (Å²) in [5.41, 5.74) is -0.898. The molecule has 1 saturated heterocycles. The second-order valence-electron chi connectivity index (χ2n) is 4.98. The highest BCUT2D eigenvalue weighted by atomic mass is 19.4. The molecule has 3 heterocycles. The number of pyridine rings is 1. The van der Waals surface area contributed by atoms with Crippen molar-refractivity contribution in [3.8, 4) is 0 Å². The lowest BCUT2D eigenvalue weighted by atomic mass is 10.2. The summed E-state index contributed by atoms with van der Waals surface area (Å²) in [5.74, 6) is -0.884. The van der Waals surface area contributed by atoms with E-state index in [1.54, 1.807) is 0 Å². The van der Waals surface area contributed by atoms with Crippen LogP contribution in [0.5, 0.6) is 0 Å². The number of alkyl halides is 3. The summed E-state index contributed by atoms with van der Waals surface area (Å²) in [5, 5.41) is 9.84. The van der Waals surface area contributed by atoms with Gasteiger partial charge in [0.1, 0.15) is 5.82 Å². The maximum Gasteiger partial charge on any atom is 0.416 e. The van der Waals surface area contributed by atoms with E-state index in [1.165, 1.54) is 10.9 Å². The number of hydrogen-bond donors (Lipinski definition) is 1. The van der Waals surface area contributed by atoms with Crippen LogP contribution in [0.1, 0.15) is 28.5 Å². The Kier molecular flexibility index (Phi) is 3.99. The van der Waals surface area contributed by atoms with Crippen LogP contribution < -0.4 is 5.32 Å². The van der Waals surface area contributed by atoms with Gasteiger partial charge in [0.15, 0.2) is 5.69 Å². The Morgan fingerprint density at radius 2 is 2.26 bits per heavy atom. The molecule has 0 spiro atoms. The summed E-state index contributed by atoms with van der Waals surface area (Å²) in [7, 11) is 0. The van der Waals surface area contributed by atoms with Gasteiger partial charge in [-0.3, -0.25) is 4.79 Å². The van der Waals surface area contributed by atoms with E-state index >= 15 is 0 Å². The highest BCUT2D eigenvalue weighted by Crippen LogP contribution is 2.29. The third-order valence-electron chi connectivity index (χ3n) is 3.35. The molecule has 122 valence electrons. The van der Waals surface area contributed by atoms with Crippen molar-refractivity contribution in [2.75, 3.05) is 18.5 Å². The molecule has 1 aliphatic heterocycles. The van der Waals surface area contributed by atoms with E-state index in [2.05, 4.69) is 20.6 Å². The number of amides is 1. The number of ether oxygens (including phenoxy) is 1. The van der Waals surface area contributed by atoms with Crippen molar-refractivity contribution in [3.05, 3.63) is 35.8 Å². The highest BCUT2D eigenvalue weighted by molar-refractivity contribution is 6.02. The monoisotopic (exact) mass is 327 g/mol. The first-order valence-electron chi connectivity index (χ1n) is 6.77. The van der Waals surface area contributed by atoms with Gasteiger partial charge in [-0.25, -0.2) is 9.67 Å². The van der Waals surface area contributed by atoms with Crippen molar-refractivity contribution >= 4 is 11.7 Å². The number of halogens is 3. The normalized spacial score (nSPS) is 18.1. The Morgan fingerprint density at radius 1 is 1.43 bits per heavy atom. The Morgan fingerprint density at radius 3 is 2.96 bits per heavy atom. The lowest BCUT2D eigenvalue weighted by molar-refractivity contribution is -0.137. The zero-order valence-electron chi connectivity index (χ0n) is 11.7. The quantitative estimate of drug-likeness (QED) is 0.931. The fourth-order valence-corrected chi connectivity index (χ4v) is 2.15. The number of rotatable bonds is 3. The van der Waals surface area contributed by atoms with Gasteiger partial charge in [0.25, 0.3) is 5.91 Å². The van der Waals surface area contributed by atoms with Crippen LogP contribution in [0.2, 0.25) is 0 Å². The Balaban J connectivity index is 1.72. The van der Waals surface area contributed by atoms with E-state index in [0.717, 1.165) is 24.8 Å². The first kappa shape index (κ1) is 15.4. The smallest absolute Gasteiger partial charge is 0.379 e. The molecule has 10 heteroatoms.